The summed E-state index contributed by atoms with van der Waals surface area (Å²) in [6, 6.07) is 4.05. The van der Waals surface area contributed by atoms with Crippen LogP contribution in [0, 0.1) is 0 Å². The number of nitrogens with one attached hydrogen (secondary N) is 1. The zero-order valence-electron chi connectivity index (χ0n) is 11.1. The number of benzene rings is 1. The summed E-state index contributed by atoms with van der Waals surface area (Å²) in [5.74, 6) is -0.0289. The summed E-state index contributed by atoms with van der Waals surface area (Å²) in [6.07, 6.45) is -4.20. The van der Waals surface area contributed by atoms with E-state index < -0.39 is 17.8 Å². The van der Waals surface area contributed by atoms with E-state index in [1.165, 1.54) is 19.2 Å². The quantitative estimate of drug-likeness (QED) is 0.867. The maximum absolute atomic E-state index is 12.4. The van der Waals surface area contributed by atoms with Crippen molar-refractivity contribution in [1.82, 2.24) is 5.32 Å². The van der Waals surface area contributed by atoms with Gasteiger partial charge in [0.2, 0.25) is 0 Å². The molecule has 1 aliphatic rings. The van der Waals surface area contributed by atoms with Gasteiger partial charge in [-0.25, -0.2) is 0 Å². The van der Waals surface area contributed by atoms with Crippen molar-refractivity contribution >= 4 is 18.4 Å². The van der Waals surface area contributed by atoms with Crippen LogP contribution >= 0.6 is 12.4 Å². The highest BCUT2D eigenvalue weighted by molar-refractivity contribution is 5.85. The number of ether oxygens (including phenoxy) is 2. The molecule has 4 nitrogen and oxygen atoms in total. The second kappa shape index (κ2) is 7.00. The summed E-state index contributed by atoms with van der Waals surface area (Å²) in [5, 5.41) is 2.93. The zero-order valence-corrected chi connectivity index (χ0v) is 12.0. The van der Waals surface area contributed by atoms with Gasteiger partial charge in [0, 0.05) is 13.0 Å². The van der Waals surface area contributed by atoms with E-state index in [1.807, 2.05) is 0 Å². The van der Waals surface area contributed by atoms with Crippen LogP contribution in [0.25, 0.3) is 0 Å². The van der Waals surface area contributed by atoms with Crippen LogP contribution in [-0.2, 0) is 15.7 Å². The Morgan fingerprint density at radius 1 is 1.29 bits per heavy atom. The molecule has 0 aliphatic carbocycles. The number of rotatable bonds is 3. The van der Waals surface area contributed by atoms with E-state index >= 15 is 0 Å². The summed E-state index contributed by atoms with van der Waals surface area (Å²) >= 11 is 0. The molecule has 1 aliphatic heterocycles. The number of esters is 1. The van der Waals surface area contributed by atoms with E-state index in [4.69, 9.17) is 4.74 Å². The van der Waals surface area contributed by atoms with Crippen LogP contribution in [0.1, 0.15) is 12.0 Å². The first-order chi connectivity index (χ1) is 9.40. The number of alkyl halides is 3. The van der Waals surface area contributed by atoms with Crippen molar-refractivity contribution < 1.29 is 27.4 Å². The molecule has 0 unspecified atom stereocenters. The van der Waals surface area contributed by atoms with E-state index in [-0.39, 0.29) is 24.5 Å². The van der Waals surface area contributed by atoms with Crippen LogP contribution < -0.4 is 10.1 Å². The summed E-state index contributed by atoms with van der Waals surface area (Å²) in [5.41, 5.74) is -0.721. The molecule has 1 saturated heterocycles. The Labute approximate surface area is 126 Å². The second-order valence-corrected chi connectivity index (χ2v) is 4.48. The van der Waals surface area contributed by atoms with Gasteiger partial charge in [-0.3, -0.25) is 4.79 Å². The Hall–Kier alpha value is -1.47. The Morgan fingerprint density at radius 2 is 1.90 bits per heavy atom. The van der Waals surface area contributed by atoms with Crippen molar-refractivity contribution in [3.05, 3.63) is 29.8 Å². The Balaban J connectivity index is 0.00000220. The lowest BCUT2D eigenvalue weighted by Gasteiger charge is -2.13. The van der Waals surface area contributed by atoms with E-state index in [1.54, 1.807) is 0 Å². The van der Waals surface area contributed by atoms with E-state index in [0.29, 0.717) is 18.7 Å². The molecule has 2 rings (SSSR count). The molecule has 8 heteroatoms. The minimum atomic E-state index is -4.36. The van der Waals surface area contributed by atoms with Gasteiger partial charge in [-0.05, 0) is 24.3 Å². The highest BCUT2D eigenvalue weighted by atomic mass is 35.5. The van der Waals surface area contributed by atoms with Crippen LogP contribution in [0.4, 0.5) is 13.2 Å². The third kappa shape index (κ3) is 4.50. The highest BCUT2D eigenvalue weighted by Gasteiger charge is 2.32. The van der Waals surface area contributed by atoms with Gasteiger partial charge >= 0.3 is 12.1 Å². The third-order valence-electron chi connectivity index (χ3n) is 3.06. The molecule has 0 bridgehead atoms. The fourth-order valence-electron chi connectivity index (χ4n) is 2.03. The molecule has 1 fully saturated rings. The predicted molar refractivity (Wildman–Crippen MR) is 71.5 cm³/mol. The van der Waals surface area contributed by atoms with Crippen molar-refractivity contribution in [3.63, 3.8) is 0 Å². The van der Waals surface area contributed by atoms with Crippen LogP contribution in [0.5, 0.6) is 5.75 Å². The molecule has 1 N–H and O–H groups in total. The van der Waals surface area contributed by atoms with Gasteiger partial charge in [0.05, 0.1) is 12.7 Å². The molecule has 2 atom stereocenters. The lowest BCUT2D eigenvalue weighted by Crippen LogP contribution is -2.31. The highest BCUT2D eigenvalue weighted by Crippen LogP contribution is 2.30. The van der Waals surface area contributed by atoms with Gasteiger partial charge in [-0.1, -0.05) is 0 Å². The molecule has 118 valence electrons. The molecule has 0 aromatic heterocycles. The third-order valence-corrected chi connectivity index (χ3v) is 3.06. The first-order valence-corrected chi connectivity index (χ1v) is 6.05. The van der Waals surface area contributed by atoms with Crippen molar-refractivity contribution in [1.29, 1.82) is 0 Å². The molecule has 1 aromatic carbocycles. The van der Waals surface area contributed by atoms with Gasteiger partial charge in [-0.15, -0.1) is 12.4 Å². The zero-order chi connectivity index (χ0) is 14.8. The van der Waals surface area contributed by atoms with Gasteiger partial charge in [-0.2, -0.15) is 13.2 Å². The smallest absolute Gasteiger partial charge is 0.416 e. The number of methoxy groups -OCH3 is 1. The monoisotopic (exact) mass is 325 g/mol. The summed E-state index contributed by atoms with van der Waals surface area (Å²) in [6.45, 7) is 0.445. The van der Waals surface area contributed by atoms with Crippen molar-refractivity contribution in [2.75, 3.05) is 13.7 Å². The Bertz CT molecular complexity index is 479. The summed E-state index contributed by atoms with van der Waals surface area (Å²) in [7, 11) is 1.30. The van der Waals surface area contributed by atoms with E-state index in [0.717, 1.165) is 12.1 Å². The van der Waals surface area contributed by atoms with Gasteiger partial charge in [0.15, 0.2) is 0 Å². The fraction of sp³-hybridized carbons (Fsp3) is 0.462. The normalized spacial score (nSPS) is 21.5. The largest absolute Gasteiger partial charge is 0.489 e. The van der Waals surface area contributed by atoms with Crippen LogP contribution in [0.2, 0.25) is 0 Å². The van der Waals surface area contributed by atoms with E-state index in [9.17, 15) is 18.0 Å². The summed E-state index contributed by atoms with van der Waals surface area (Å²) < 4.78 is 47.3. The molecule has 21 heavy (non-hydrogen) atoms. The molecule has 1 aromatic rings. The molecular formula is C13H15ClF3NO3. The van der Waals surface area contributed by atoms with Gasteiger partial charge < -0.3 is 14.8 Å². The number of hydrogen-bond acceptors (Lipinski definition) is 4. The van der Waals surface area contributed by atoms with Gasteiger partial charge in [0.1, 0.15) is 17.9 Å². The number of carbonyl (C=O) groups is 1. The molecule has 0 spiro atoms. The van der Waals surface area contributed by atoms with Crippen LogP contribution in [-0.4, -0.2) is 31.8 Å². The minimum absolute atomic E-state index is 0. The maximum Gasteiger partial charge on any atom is 0.416 e. The topological polar surface area (TPSA) is 47.6 Å². The van der Waals surface area contributed by atoms with Crippen molar-refractivity contribution in [3.8, 4) is 5.75 Å². The average Bonchev–Trinajstić information content (AvgIpc) is 2.86. The average molecular weight is 326 g/mol. The molecule has 1 heterocycles. The Morgan fingerprint density at radius 3 is 2.43 bits per heavy atom. The molecular weight excluding hydrogens is 311 g/mol. The summed E-state index contributed by atoms with van der Waals surface area (Å²) in [4.78, 5) is 11.3. The lowest BCUT2D eigenvalue weighted by atomic mass is 10.2. The van der Waals surface area contributed by atoms with Crippen LogP contribution in [0.3, 0.4) is 0 Å². The lowest BCUT2D eigenvalue weighted by molar-refractivity contribution is -0.142. The first kappa shape index (κ1) is 17.6. The van der Waals surface area contributed by atoms with E-state index in [2.05, 4.69) is 10.1 Å². The first-order valence-electron chi connectivity index (χ1n) is 6.05. The van der Waals surface area contributed by atoms with Crippen molar-refractivity contribution in [2.45, 2.75) is 24.7 Å². The predicted octanol–water partition coefficient (Wildman–Crippen LogP) is 2.41. The SMILES string of the molecule is COC(=O)[C@@H]1C[C@@H](Oc2ccc(C(F)(F)F)cc2)CN1.Cl. The minimum Gasteiger partial charge on any atom is -0.489 e. The molecule has 0 radical (unpaired) electrons. The maximum atomic E-state index is 12.4. The number of hydrogen-bond donors (Lipinski definition) is 1. The molecule has 0 amide bonds. The Kier molecular flexibility index (Phi) is 5.86. The second-order valence-electron chi connectivity index (χ2n) is 4.48. The van der Waals surface area contributed by atoms with Crippen molar-refractivity contribution in [2.24, 2.45) is 0 Å². The fourth-order valence-corrected chi connectivity index (χ4v) is 2.03. The van der Waals surface area contributed by atoms with Gasteiger partial charge in [0.25, 0.3) is 0 Å². The standard InChI is InChI=1S/C13H14F3NO3.ClH/c1-19-12(18)11-6-10(7-17-11)20-9-4-2-8(3-5-9)13(14,15)16;/h2-5,10-11,17H,6-7H2,1H3;1H/t10-,11+;/m1./s1. The number of halogens is 4. The van der Waals surface area contributed by atoms with Crippen LogP contribution in [0.15, 0.2) is 24.3 Å². The number of carbonyl (C=O) groups excluding carboxylic acids is 1. The molecule has 0 saturated carbocycles.